The van der Waals surface area contributed by atoms with Crippen LogP contribution in [0.15, 0.2) is 24.7 Å². The van der Waals surface area contributed by atoms with Crippen LogP contribution in [0.5, 0.6) is 5.88 Å². The van der Waals surface area contributed by atoms with Crippen molar-refractivity contribution in [1.29, 1.82) is 0 Å². The molecule has 0 atom stereocenters. The number of pyridine rings is 1. The summed E-state index contributed by atoms with van der Waals surface area (Å²) in [5.74, 6) is 0.564. The lowest BCUT2D eigenvalue weighted by atomic mass is 10.1. The highest BCUT2D eigenvalue weighted by Gasteiger charge is 2.15. The van der Waals surface area contributed by atoms with Gasteiger partial charge in [0, 0.05) is 31.2 Å². The third-order valence-corrected chi connectivity index (χ3v) is 5.23. The summed E-state index contributed by atoms with van der Waals surface area (Å²) in [4.78, 5) is 13.4. The van der Waals surface area contributed by atoms with Gasteiger partial charge in [0.05, 0.1) is 29.4 Å². The third kappa shape index (κ3) is 3.58. The molecular formula is C19H20N6O2S. The second kappa shape index (κ2) is 7.99. The van der Waals surface area contributed by atoms with Gasteiger partial charge in [-0.1, -0.05) is 6.07 Å². The molecule has 0 fully saturated rings. The molecule has 0 saturated carbocycles. The van der Waals surface area contributed by atoms with E-state index >= 15 is 0 Å². The molecule has 28 heavy (non-hydrogen) atoms. The number of methoxy groups -OCH3 is 1. The lowest BCUT2D eigenvalue weighted by Gasteiger charge is -2.08. The SMILES string of the molecule is [2H]C([2H])([2H])OCCOc1ccc(C([2H])([2H])Nc2ncnc3c2sc2nnc(C)c(C)c23)cn1. The van der Waals surface area contributed by atoms with Crippen LogP contribution in [0.3, 0.4) is 0 Å². The van der Waals surface area contributed by atoms with Crippen molar-refractivity contribution < 1.29 is 16.3 Å². The van der Waals surface area contributed by atoms with Gasteiger partial charge >= 0.3 is 0 Å². The van der Waals surface area contributed by atoms with Gasteiger partial charge < -0.3 is 14.8 Å². The Hall–Kier alpha value is -2.91. The van der Waals surface area contributed by atoms with Crippen LogP contribution in [0.4, 0.5) is 5.82 Å². The normalized spacial score (nSPS) is 14.9. The molecule has 0 spiro atoms. The van der Waals surface area contributed by atoms with Crippen molar-refractivity contribution in [2.45, 2.75) is 20.3 Å². The van der Waals surface area contributed by atoms with Gasteiger partial charge in [-0.25, -0.2) is 15.0 Å². The van der Waals surface area contributed by atoms with Gasteiger partial charge in [0.2, 0.25) is 5.88 Å². The van der Waals surface area contributed by atoms with Crippen molar-refractivity contribution in [3.8, 4) is 5.88 Å². The molecule has 0 aliphatic rings. The smallest absolute Gasteiger partial charge is 0.213 e. The molecule has 0 unspecified atom stereocenters. The predicted octanol–water partition coefficient (Wildman–Crippen LogP) is 3.28. The zero-order valence-electron chi connectivity index (χ0n) is 20.2. The Kier molecular flexibility index (Phi) is 3.80. The summed E-state index contributed by atoms with van der Waals surface area (Å²) in [5, 5.41) is 12.1. The first-order chi connectivity index (χ1) is 15.5. The summed E-state index contributed by atoms with van der Waals surface area (Å²) in [7, 11) is -2.48. The molecule has 1 N–H and O–H groups in total. The van der Waals surface area contributed by atoms with E-state index in [1.54, 1.807) is 0 Å². The standard InChI is InChI=1S/C19H20N6O2S/c1-11-12(2)24-25-19-15(11)16-17(28-19)18(23-10-22-16)21-9-13-4-5-14(20-8-13)27-7-6-26-3/h4-5,8,10H,6-7,9H2,1-3H3,(H,21,22,23)/i3D3,9D2. The van der Waals surface area contributed by atoms with Crippen molar-refractivity contribution in [3.05, 3.63) is 41.5 Å². The Balaban J connectivity index is 1.53. The van der Waals surface area contributed by atoms with Crippen molar-refractivity contribution in [2.24, 2.45) is 0 Å². The van der Waals surface area contributed by atoms with E-state index in [0.717, 1.165) is 16.6 Å². The Morgan fingerprint density at radius 1 is 1.18 bits per heavy atom. The van der Waals surface area contributed by atoms with Crippen LogP contribution in [0.1, 0.15) is 23.7 Å². The van der Waals surface area contributed by atoms with Gasteiger partial charge in [0.25, 0.3) is 0 Å². The maximum atomic E-state index is 8.51. The average Bonchev–Trinajstić information content (AvgIpc) is 3.14. The van der Waals surface area contributed by atoms with Gasteiger partial charge in [-0.15, -0.1) is 16.4 Å². The van der Waals surface area contributed by atoms with E-state index in [4.69, 9.17) is 11.6 Å². The third-order valence-electron chi connectivity index (χ3n) is 4.16. The number of nitrogens with zero attached hydrogens (tertiary/aromatic N) is 5. The lowest BCUT2D eigenvalue weighted by molar-refractivity contribution is 0.143. The first-order valence-electron chi connectivity index (χ1n) is 10.9. The van der Waals surface area contributed by atoms with Crippen molar-refractivity contribution in [2.75, 3.05) is 25.6 Å². The Morgan fingerprint density at radius 2 is 2.11 bits per heavy atom. The summed E-state index contributed by atoms with van der Waals surface area (Å²) in [6, 6.07) is 3.03. The van der Waals surface area contributed by atoms with E-state index in [9.17, 15) is 0 Å². The molecule has 4 rings (SSSR count). The fraction of sp³-hybridized carbons (Fsp3) is 0.316. The van der Waals surface area contributed by atoms with Gasteiger partial charge in [-0.2, -0.15) is 5.10 Å². The summed E-state index contributed by atoms with van der Waals surface area (Å²) in [6.45, 7) is 1.72. The highest BCUT2D eigenvalue weighted by molar-refractivity contribution is 7.25. The average molecular weight is 402 g/mol. The number of hydrogen-bond donors (Lipinski definition) is 1. The van der Waals surface area contributed by atoms with E-state index in [2.05, 4.69) is 35.2 Å². The maximum absolute atomic E-state index is 8.51. The Bertz CT molecular complexity index is 1300. The number of anilines is 1. The van der Waals surface area contributed by atoms with Crippen LogP contribution >= 0.6 is 11.3 Å². The highest BCUT2D eigenvalue weighted by Crippen LogP contribution is 2.36. The van der Waals surface area contributed by atoms with E-state index in [0.29, 0.717) is 20.9 Å². The molecule has 0 amide bonds. The molecule has 8 nitrogen and oxygen atoms in total. The van der Waals surface area contributed by atoms with Crippen LogP contribution in [0.25, 0.3) is 20.4 Å². The topological polar surface area (TPSA) is 94.9 Å². The van der Waals surface area contributed by atoms with Crippen LogP contribution in [0.2, 0.25) is 0 Å². The highest BCUT2D eigenvalue weighted by atomic mass is 32.1. The number of aryl methyl sites for hydroxylation is 2. The number of rotatable bonds is 7. The van der Waals surface area contributed by atoms with Crippen LogP contribution in [-0.2, 0) is 11.2 Å². The number of ether oxygens (including phenoxy) is 2. The summed E-state index contributed by atoms with van der Waals surface area (Å²) in [6.07, 6.45) is 2.73. The lowest BCUT2D eigenvalue weighted by Crippen LogP contribution is -2.06. The molecular weight excluding hydrogens is 376 g/mol. The Labute approximate surface area is 173 Å². The summed E-state index contributed by atoms with van der Waals surface area (Å²) in [5.41, 5.74) is 2.74. The molecule has 144 valence electrons. The minimum atomic E-state index is -2.48. The van der Waals surface area contributed by atoms with Crippen LogP contribution < -0.4 is 10.1 Å². The molecule has 4 heterocycles. The first-order valence-corrected chi connectivity index (χ1v) is 9.25. The van der Waals surface area contributed by atoms with Crippen LogP contribution in [0, 0.1) is 13.8 Å². The number of fused-ring (bicyclic) bond motifs is 3. The zero-order chi connectivity index (χ0) is 23.8. The molecule has 0 bridgehead atoms. The van der Waals surface area contributed by atoms with Crippen LogP contribution in [-0.4, -0.2) is 45.4 Å². The molecule has 4 aromatic rings. The minimum absolute atomic E-state index is 0.00250. The quantitative estimate of drug-likeness (QED) is 0.472. The predicted molar refractivity (Wildman–Crippen MR) is 109 cm³/mol. The molecule has 4 aromatic heterocycles. The zero-order valence-corrected chi connectivity index (χ0v) is 16.0. The van der Waals surface area contributed by atoms with Crippen molar-refractivity contribution in [1.82, 2.24) is 25.1 Å². The summed E-state index contributed by atoms with van der Waals surface area (Å²) < 4.78 is 48.6. The number of nitrogens with one attached hydrogen (secondary N) is 1. The molecule has 0 aliphatic carbocycles. The number of thiophene rings is 1. The Morgan fingerprint density at radius 3 is 2.93 bits per heavy atom. The second-order valence-corrected chi connectivity index (χ2v) is 6.92. The second-order valence-electron chi connectivity index (χ2n) is 5.92. The van der Waals surface area contributed by atoms with E-state index in [1.807, 2.05) is 13.8 Å². The molecule has 0 aliphatic heterocycles. The fourth-order valence-corrected chi connectivity index (χ4v) is 3.71. The fourth-order valence-electron chi connectivity index (χ4n) is 2.63. The van der Waals surface area contributed by atoms with Gasteiger partial charge in [-0.05, 0) is 25.0 Å². The largest absolute Gasteiger partial charge is 0.475 e. The van der Waals surface area contributed by atoms with E-state index < -0.39 is 13.5 Å². The maximum Gasteiger partial charge on any atom is 0.213 e. The first kappa shape index (κ1) is 13.3. The molecule has 0 aromatic carbocycles. The molecule has 0 saturated heterocycles. The van der Waals surface area contributed by atoms with E-state index in [1.165, 1.54) is 36.0 Å². The monoisotopic (exact) mass is 401 g/mol. The van der Waals surface area contributed by atoms with Crippen molar-refractivity contribution in [3.63, 3.8) is 0 Å². The van der Waals surface area contributed by atoms with Gasteiger partial charge in [0.1, 0.15) is 23.6 Å². The minimum Gasteiger partial charge on any atom is -0.475 e. The number of hydrogen-bond acceptors (Lipinski definition) is 9. The van der Waals surface area contributed by atoms with Gasteiger partial charge in [-0.3, -0.25) is 0 Å². The van der Waals surface area contributed by atoms with Gasteiger partial charge in [0.15, 0.2) is 0 Å². The summed E-state index contributed by atoms with van der Waals surface area (Å²) >= 11 is 1.35. The molecule has 0 radical (unpaired) electrons. The molecule has 9 heteroatoms. The van der Waals surface area contributed by atoms with Crippen molar-refractivity contribution >= 4 is 37.6 Å². The van der Waals surface area contributed by atoms with E-state index in [-0.39, 0.29) is 24.7 Å². The number of aromatic nitrogens is 5.